The van der Waals surface area contributed by atoms with Crippen molar-refractivity contribution in [3.8, 4) is 11.1 Å². The van der Waals surface area contributed by atoms with Gasteiger partial charge in [-0.25, -0.2) is 19.6 Å². The summed E-state index contributed by atoms with van der Waals surface area (Å²) < 4.78 is 0. The minimum atomic E-state index is -1.18. The van der Waals surface area contributed by atoms with E-state index >= 15 is 0 Å². The second-order valence-corrected chi connectivity index (χ2v) is 9.20. The summed E-state index contributed by atoms with van der Waals surface area (Å²) in [6.45, 7) is 4.12. The number of hydrogen-bond donors (Lipinski definition) is 2. The third-order valence-electron chi connectivity index (χ3n) is 6.64. The fourth-order valence-electron chi connectivity index (χ4n) is 4.74. The monoisotopic (exact) mass is 488 g/mol. The first-order valence-corrected chi connectivity index (χ1v) is 12.0. The van der Waals surface area contributed by atoms with E-state index < -0.39 is 12.1 Å². The number of carbonyl (C=O) groups excluding carboxylic acids is 1. The van der Waals surface area contributed by atoms with Crippen LogP contribution in [0.15, 0.2) is 55.0 Å². The van der Waals surface area contributed by atoms with Crippen molar-refractivity contribution in [2.75, 3.05) is 32.7 Å². The molecule has 0 spiro atoms. The van der Waals surface area contributed by atoms with Gasteiger partial charge in [-0.1, -0.05) is 30.3 Å². The van der Waals surface area contributed by atoms with Gasteiger partial charge in [0.15, 0.2) is 0 Å². The topological polar surface area (TPSA) is 123 Å². The van der Waals surface area contributed by atoms with Crippen LogP contribution in [0.5, 0.6) is 0 Å². The first-order valence-electron chi connectivity index (χ1n) is 12.0. The lowest BCUT2D eigenvalue weighted by Gasteiger charge is -2.31. The van der Waals surface area contributed by atoms with Crippen LogP contribution < -0.4 is 0 Å². The van der Waals surface area contributed by atoms with Crippen LogP contribution in [0.1, 0.15) is 27.4 Å². The SMILES string of the molecule is O=C(O)c1ncc(-c2ccc(CN3CCN(CC(O)CN4CCc5ccccc5C4)C3=O)nc2)cn1. The summed E-state index contributed by atoms with van der Waals surface area (Å²) in [5.74, 6) is -1.43. The molecule has 0 bridgehead atoms. The van der Waals surface area contributed by atoms with E-state index in [1.165, 1.54) is 23.5 Å². The molecule has 3 aromatic rings. The van der Waals surface area contributed by atoms with E-state index in [1.54, 1.807) is 16.0 Å². The van der Waals surface area contributed by atoms with E-state index in [1.807, 2.05) is 18.2 Å². The maximum atomic E-state index is 12.9. The number of aliphatic hydroxyl groups excluding tert-OH is 1. The molecule has 2 aliphatic heterocycles. The predicted octanol–water partition coefficient (Wildman–Crippen LogP) is 1.89. The van der Waals surface area contributed by atoms with Crippen molar-refractivity contribution in [2.24, 2.45) is 0 Å². The minimum Gasteiger partial charge on any atom is -0.475 e. The highest BCUT2D eigenvalue weighted by Crippen LogP contribution is 2.20. The number of fused-ring (bicyclic) bond motifs is 1. The van der Waals surface area contributed by atoms with Gasteiger partial charge in [0.1, 0.15) is 0 Å². The van der Waals surface area contributed by atoms with Gasteiger partial charge >= 0.3 is 12.0 Å². The van der Waals surface area contributed by atoms with E-state index in [9.17, 15) is 14.7 Å². The molecule has 0 radical (unpaired) electrons. The second-order valence-electron chi connectivity index (χ2n) is 9.20. The Morgan fingerprint density at radius 3 is 2.33 bits per heavy atom. The minimum absolute atomic E-state index is 0.0958. The second kappa shape index (κ2) is 10.4. The van der Waals surface area contributed by atoms with Crippen LogP contribution >= 0.6 is 0 Å². The number of aliphatic hydroxyl groups is 1. The summed E-state index contributed by atoms with van der Waals surface area (Å²) >= 11 is 0. The van der Waals surface area contributed by atoms with Crippen LogP contribution in [-0.4, -0.2) is 90.7 Å². The molecule has 2 N–H and O–H groups in total. The van der Waals surface area contributed by atoms with Gasteiger partial charge < -0.3 is 20.0 Å². The maximum Gasteiger partial charge on any atom is 0.373 e. The lowest BCUT2D eigenvalue weighted by molar-refractivity contribution is 0.0683. The maximum absolute atomic E-state index is 12.9. The van der Waals surface area contributed by atoms with Gasteiger partial charge in [0.05, 0.1) is 18.3 Å². The molecular formula is C26H28N6O4. The number of aromatic carboxylic acids is 1. The zero-order chi connectivity index (χ0) is 25.1. The highest BCUT2D eigenvalue weighted by atomic mass is 16.4. The molecule has 1 fully saturated rings. The number of rotatable bonds is 8. The quantitative estimate of drug-likeness (QED) is 0.493. The third kappa shape index (κ3) is 5.34. The van der Waals surface area contributed by atoms with Crippen LogP contribution in [0.3, 0.4) is 0 Å². The van der Waals surface area contributed by atoms with Gasteiger partial charge in [-0.2, -0.15) is 0 Å². The van der Waals surface area contributed by atoms with Gasteiger partial charge in [-0.15, -0.1) is 0 Å². The van der Waals surface area contributed by atoms with Crippen molar-refractivity contribution in [2.45, 2.75) is 25.6 Å². The molecule has 1 saturated heterocycles. The van der Waals surface area contributed by atoms with Crippen molar-refractivity contribution < 1.29 is 19.8 Å². The van der Waals surface area contributed by atoms with Gasteiger partial charge in [-0.3, -0.25) is 9.88 Å². The molecular weight excluding hydrogens is 460 g/mol. The Kier molecular flexibility index (Phi) is 6.88. The molecule has 4 heterocycles. The Hall–Kier alpha value is -3.89. The molecule has 0 saturated carbocycles. The highest BCUT2D eigenvalue weighted by molar-refractivity contribution is 5.83. The summed E-state index contributed by atoms with van der Waals surface area (Å²) in [6.07, 6.45) is 4.93. The molecule has 2 amide bonds. The average molecular weight is 489 g/mol. The van der Waals surface area contributed by atoms with E-state index in [-0.39, 0.29) is 11.9 Å². The number of nitrogens with zero attached hydrogens (tertiary/aromatic N) is 6. The number of benzene rings is 1. The molecule has 2 aliphatic rings. The van der Waals surface area contributed by atoms with Crippen molar-refractivity contribution in [3.05, 3.63) is 77.6 Å². The molecule has 186 valence electrons. The van der Waals surface area contributed by atoms with Crippen molar-refractivity contribution >= 4 is 12.0 Å². The van der Waals surface area contributed by atoms with E-state index in [0.717, 1.165) is 30.8 Å². The summed E-state index contributed by atoms with van der Waals surface area (Å²) in [5.41, 5.74) is 4.84. The Morgan fingerprint density at radius 2 is 1.61 bits per heavy atom. The number of carboxylic acid groups (broad SMARTS) is 1. The first-order chi connectivity index (χ1) is 17.5. The van der Waals surface area contributed by atoms with Crippen molar-refractivity contribution in [1.29, 1.82) is 0 Å². The largest absolute Gasteiger partial charge is 0.475 e. The lowest BCUT2D eigenvalue weighted by atomic mass is 10.00. The Balaban J connectivity index is 1.12. The van der Waals surface area contributed by atoms with E-state index in [0.29, 0.717) is 38.3 Å². The standard InChI is InChI=1S/C26H28N6O4/c33-23(16-30-8-7-18-3-1-2-4-20(18)14-30)17-32-10-9-31(26(32)36)15-22-6-5-19(11-27-22)21-12-28-24(25(34)35)29-13-21/h1-6,11-13,23,33H,7-10,14-17H2,(H,34,35). The number of aromatic nitrogens is 3. The molecule has 10 nitrogen and oxygen atoms in total. The third-order valence-corrected chi connectivity index (χ3v) is 6.64. The normalized spacial score (nSPS) is 16.8. The summed E-state index contributed by atoms with van der Waals surface area (Å²) in [7, 11) is 0. The Morgan fingerprint density at radius 1 is 0.889 bits per heavy atom. The van der Waals surface area contributed by atoms with Gasteiger partial charge in [0.25, 0.3) is 0 Å². The van der Waals surface area contributed by atoms with E-state index in [4.69, 9.17) is 5.11 Å². The zero-order valence-corrected chi connectivity index (χ0v) is 19.8. The highest BCUT2D eigenvalue weighted by Gasteiger charge is 2.30. The number of β-amino-alcohol motifs (C(OH)–C–C–N with tert-alkyl or cyclic N) is 1. The molecule has 1 unspecified atom stereocenters. The predicted molar refractivity (Wildman–Crippen MR) is 131 cm³/mol. The molecule has 5 rings (SSSR count). The lowest BCUT2D eigenvalue weighted by Crippen LogP contribution is -2.43. The molecule has 2 aromatic heterocycles. The number of urea groups is 1. The number of amides is 2. The average Bonchev–Trinajstić information content (AvgIpc) is 3.22. The van der Waals surface area contributed by atoms with Gasteiger partial charge in [0, 0.05) is 69.0 Å². The van der Waals surface area contributed by atoms with Gasteiger partial charge in [-0.05, 0) is 23.6 Å². The zero-order valence-electron chi connectivity index (χ0n) is 19.8. The number of hydrogen-bond acceptors (Lipinski definition) is 7. The van der Waals surface area contributed by atoms with Crippen molar-refractivity contribution in [1.82, 2.24) is 29.7 Å². The molecule has 1 aromatic carbocycles. The summed E-state index contributed by atoms with van der Waals surface area (Å²) in [4.78, 5) is 41.6. The summed E-state index contributed by atoms with van der Waals surface area (Å²) in [6, 6.07) is 12.0. The smallest absolute Gasteiger partial charge is 0.373 e. The number of pyridine rings is 1. The molecule has 1 atom stereocenters. The van der Waals surface area contributed by atoms with Crippen molar-refractivity contribution in [3.63, 3.8) is 0 Å². The van der Waals surface area contributed by atoms with Crippen LogP contribution in [0.4, 0.5) is 4.79 Å². The molecule has 0 aliphatic carbocycles. The summed E-state index contributed by atoms with van der Waals surface area (Å²) in [5, 5.41) is 19.6. The fraction of sp³-hybridized carbons (Fsp3) is 0.346. The van der Waals surface area contributed by atoms with Crippen LogP contribution in [0.25, 0.3) is 11.1 Å². The molecule has 10 heteroatoms. The van der Waals surface area contributed by atoms with Crippen LogP contribution in [0.2, 0.25) is 0 Å². The van der Waals surface area contributed by atoms with Gasteiger partial charge in [0.2, 0.25) is 5.82 Å². The number of carbonyl (C=O) groups is 2. The Bertz CT molecular complexity index is 1230. The first kappa shape index (κ1) is 23.8. The van der Waals surface area contributed by atoms with Crippen LogP contribution in [0, 0.1) is 0 Å². The molecule has 36 heavy (non-hydrogen) atoms. The van der Waals surface area contributed by atoms with Crippen LogP contribution in [-0.2, 0) is 19.5 Å². The Labute approximate surface area is 208 Å². The fourth-order valence-corrected chi connectivity index (χ4v) is 4.74. The van der Waals surface area contributed by atoms with E-state index in [2.05, 4.69) is 38.1 Å². The number of carboxylic acids is 1.